The maximum absolute atomic E-state index is 13.0. The van der Waals surface area contributed by atoms with Gasteiger partial charge in [0.25, 0.3) is 5.91 Å². The number of anilines is 1. The summed E-state index contributed by atoms with van der Waals surface area (Å²) in [7, 11) is -2.97. The summed E-state index contributed by atoms with van der Waals surface area (Å²) in [6.45, 7) is 6.67. The second kappa shape index (κ2) is 7.37. The van der Waals surface area contributed by atoms with E-state index in [1.165, 1.54) is 0 Å². The van der Waals surface area contributed by atoms with Gasteiger partial charge >= 0.3 is 0 Å². The van der Waals surface area contributed by atoms with Gasteiger partial charge in [0.15, 0.2) is 9.84 Å². The zero-order valence-corrected chi connectivity index (χ0v) is 18.5. The number of aromatic nitrogens is 4. The first-order valence-electron chi connectivity index (χ1n) is 10.6. The first-order chi connectivity index (χ1) is 14.8. The van der Waals surface area contributed by atoms with Gasteiger partial charge in [-0.15, -0.1) is 0 Å². The number of rotatable bonds is 3. The molecule has 9 nitrogen and oxygen atoms in total. The number of fused-ring (bicyclic) bond motifs is 1. The largest absolute Gasteiger partial charge is 0.365 e. The Morgan fingerprint density at radius 1 is 1.16 bits per heavy atom. The Bertz CT molecular complexity index is 1250. The fourth-order valence-corrected chi connectivity index (χ4v) is 6.51. The van der Waals surface area contributed by atoms with E-state index in [0.717, 1.165) is 28.1 Å². The van der Waals surface area contributed by atoms with Crippen LogP contribution in [0.5, 0.6) is 0 Å². The van der Waals surface area contributed by atoms with Crippen molar-refractivity contribution >= 4 is 32.5 Å². The van der Waals surface area contributed by atoms with E-state index in [9.17, 15) is 13.2 Å². The highest BCUT2D eigenvalue weighted by Gasteiger charge is 2.33. The van der Waals surface area contributed by atoms with Gasteiger partial charge in [0.2, 0.25) is 0 Å². The van der Waals surface area contributed by atoms with Crippen LogP contribution in [-0.4, -0.2) is 76.7 Å². The van der Waals surface area contributed by atoms with Crippen LogP contribution in [0.25, 0.3) is 11.0 Å². The average Bonchev–Trinajstić information content (AvgIpc) is 3.44. The van der Waals surface area contributed by atoms with Crippen molar-refractivity contribution in [2.75, 3.05) is 42.6 Å². The smallest absolute Gasteiger partial charge is 0.254 e. The number of aryl methyl sites for hydroxylation is 1. The molecule has 0 spiro atoms. The van der Waals surface area contributed by atoms with Crippen LogP contribution in [-0.2, 0) is 9.84 Å². The topological polar surface area (TPSA) is 104 Å². The molecule has 2 fully saturated rings. The minimum atomic E-state index is -2.97. The van der Waals surface area contributed by atoms with Crippen LogP contribution in [0.2, 0.25) is 0 Å². The zero-order valence-electron chi connectivity index (χ0n) is 17.7. The number of aromatic amines is 1. The maximum atomic E-state index is 13.0. The summed E-state index contributed by atoms with van der Waals surface area (Å²) >= 11 is 0. The molecule has 5 rings (SSSR count). The summed E-state index contributed by atoms with van der Waals surface area (Å²) < 4.78 is 25.7. The minimum Gasteiger partial charge on any atom is -0.365 e. The summed E-state index contributed by atoms with van der Waals surface area (Å²) in [4.78, 5) is 24.4. The van der Waals surface area contributed by atoms with Gasteiger partial charge in [-0.05, 0) is 38.5 Å². The monoisotopic (exact) mass is 442 g/mol. The van der Waals surface area contributed by atoms with Gasteiger partial charge in [-0.3, -0.25) is 9.48 Å². The maximum Gasteiger partial charge on any atom is 0.254 e. The van der Waals surface area contributed by atoms with E-state index in [1.807, 2.05) is 41.6 Å². The molecule has 0 unspecified atom stereocenters. The molecule has 0 saturated carbocycles. The Hall–Kier alpha value is -2.88. The molecular formula is C21H26N6O3S. The van der Waals surface area contributed by atoms with Crippen LogP contribution in [0.4, 0.5) is 5.69 Å². The number of nitrogens with one attached hydrogen (secondary N) is 1. The second-order valence-electron chi connectivity index (χ2n) is 8.43. The fourth-order valence-electron chi connectivity index (χ4n) is 4.82. The van der Waals surface area contributed by atoms with Gasteiger partial charge in [0.05, 0.1) is 52.0 Å². The van der Waals surface area contributed by atoms with Crippen molar-refractivity contribution in [3.8, 4) is 0 Å². The number of hydrogen-bond acceptors (Lipinski definition) is 6. The van der Waals surface area contributed by atoms with Gasteiger partial charge in [0, 0.05) is 31.7 Å². The number of imidazole rings is 1. The number of nitrogens with zero attached hydrogens (tertiary/aromatic N) is 5. The molecule has 1 amide bonds. The molecule has 1 atom stereocenters. The predicted molar refractivity (Wildman–Crippen MR) is 118 cm³/mol. The quantitative estimate of drug-likeness (QED) is 0.662. The number of H-pyrrole nitrogens is 1. The van der Waals surface area contributed by atoms with Gasteiger partial charge in [-0.25, -0.2) is 13.4 Å². The Balaban J connectivity index is 1.30. The lowest BCUT2D eigenvalue weighted by atomic mass is 10.1. The molecule has 10 heteroatoms. The molecule has 2 saturated heterocycles. The van der Waals surface area contributed by atoms with E-state index in [0.29, 0.717) is 38.2 Å². The van der Waals surface area contributed by atoms with Crippen molar-refractivity contribution in [3.63, 3.8) is 0 Å². The number of benzene rings is 1. The molecule has 164 valence electrons. The highest BCUT2D eigenvalue weighted by Crippen LogP contribution is 2.31. The minimum absolute atomic E-state index is 0.0245. The molecule has 0 aliphatic carbocycles. The number of sulfone groups is 1. The molecule has 0 radical (unpaired) electrons. The van der Waals surface area contributed by atoms with Gasteiger partial charge in [-0.2, -0.15) is 5.10 Å². The van der Waals surface area contributed by atoms with Gasteiger partial charge in [-0.1, -0.05) is 0 Å². The number of hydrogen-bond donors (Lipinski definition) is 1. The number of amides is 1. The zero-order chi connectivity index (χ0) is 21.8. The Morgan fingerprint density at radius 2 is 1.94 bits per heavy atom. The lowest BCUT2D eigenvalue weighted by Crippen LogP contribution is -2.49. The first-order valence-corrected chi connectivity index (χ1v) is 12.4. The standard InChI is InChI=1S/C21H26N6O3S/c1-14-20(15(2)27(24-14)17-5-10-31(29,30)12-17)25-6-8-26(9-7-25)21(28)16-3-4-18-19(11-16)23-13-22-18/h3-4,11,13,17H,5-10,12H2,1-2H3,(H,22,23)/t17-/m1/s1. The van der Waals surface area contributed by atoms with Crippen molar-refractivity contribution in [2.24, 2.45) is 0 Å². The van der Waals surface area contributed by atoms with Crippen LogP contribution >= 0.6 is 0 Å². The molecule has 2 aliphatic heterocycles. The summed E-state index contributed by atoms with van der Waals surface area (Å²) in [5.74, 6) is 0.421. The molecule has 1 aromatic carbocycles. The van der Waals surface area contributed by atoms with Crippen molar-refractivity contribution in [3.05, 3.63) is 41.5 Å². The van der Waals surface area contributed by atoms with E-state index in [4.69, 9.17) is 0 Å². The summed E-state index contributed by atoms with van der Waals surface area (Å²) in [5, 5.41) is 4.68. The lowest BCUT2D eigenvalue weighted by Gasteiger charge is -2.36. The predicted octanol–water partition coefficient (Wildman–Crippen LogP) is 1.70. The fraction of sp³-hybridized carbons (Fsp3) is 0.476. The van der Waals surface area contributed by atoms with Crippen LogP contribution in [0.3, 0.4) is 0 Å². The average molecular weight is 443 g/mol. The van der Waals surface area contributed by atoms with Crippen molar-refractivity contribution in [1.29, 1.82) is 0 Å². The molecule has 2 aliphatic rings. The third-order valence-corrected chi connectivity index (χ3v) is 8.14. The van der Waals surface area contributed by atoms with E-state index in [1.54, 1.807) is 6.33 Å². The van der Waals surface area contributed by atoms with Crippen molar-refractivity contribution in [1.82, 2.24) is 24.6 Å². The molecule has 4 heterocycles. The molecule has 31 heavy (non-hydrogen) atoms. The lowest BCUT2D eigenvalue weighted by molar-refractivity contribution is 0.0747. The van der Waals surface area contributed by atoms with Crippen LogP contribution < -0.4 is 4.90 Å². The van der Waals surface area contributed by atoms with E-state index in [-0.39, 0.29) is 23.5 Å². The molecular weight excluding hydrogens is 416 g/mol. The third-order valence-electron chi connectivity index (χ3n) is 6.39. The molecule has 0 bridgehead atoms. The highest BCUT2D eigenvalue weighted by molar-refractivity contribution is 7.91. The van der Waals surface area contributed by atoms with Crippen molar-refractivity contribution < 1.29 is 13.2 Å². The summed E-state index contributed by atoms with van der Waals surface area (Å²) in [6, 6.07) is 5.45. The third kappa shape index (κ3) is 3.58. The second-order valence-corrected chi connectivity index (χ2v) is 10.7. The van der Waals surface area contributed by atoms with Crippen LogP contribution in [0, 0.1) is 13.8 Å². The molecule has 2 aromatic heterocycles. The van der Waals surface area contributed by atoms with Gasteiger partial charge < -0.3 is 14.8 Å². The molecule has 1 N–H and O–H groups in total. The van der Waals surface area contributed by atoms with E-state index in [2.05, 4.69) is 20.0 Å². The number of piperazine rings is 1. The Morgan fingerprint density at radius 3 is 2.65 bits per heavy atom. The van der Waals surface area contributed by atoms with Crippen LogP contribution in [0.15, 0.2) is 24.5 Å². The van der Waals surface area contributed by atoms with E-state index >= 15 is 0 Å². The van der Waals surface area contributed by atoms with Gasteiger partial charge in [0.1, 0.15) is 0 Å². The normalized spacial score (nSPS) is 21.2. The number of carbonyl (C=O) groups is 1. The Kier molecular flexibility index (Phi) is 4.76. The van der Waals surface area contributed by atoms with E-state index < -0.39 is 9.84 Å². The Labute approximate surface area is 181 Å². The van der Waals surface area contributed by atoms with Crippen molar-refractivity contribution in [2.45, 2.75) is 26.3 Å². The highest BCUT2D eigenvalue weighted by atomic mass is 32.2. The first kappa shape index (κ1) is 20.0. The molecule has 3 aromatic rings. The SMILES string of the molecule is Cc1nn([C@@H]2CCS(=O)(=O)C2)c(C)c1N1CCN(C(=O)c2ccc3nc[nH]c3c2)CC1. The summed E-state index contributed by atoms with van der Waals surface area (Å²) in [5.41, 5.74) is 5.34. The van der Waals surface area contributed by atoms with Crippen LogP contribution in [0.1, 0.15) is 34.2 Å². The summed E-state index contributed by atoms with van der Waals surface area (Å²) in [6.07, 6.45) is 2.25. The number of carbonyl (C=O) groups excluding carboxylic acids is 1.